The lowest BCUT2D eigenvalue weighted by molar-refractivity contribution is -0.124. The average Bonchev–Trinajstić information content (AvgIpc) is 2.95. The third-order valence-corrected chi connectivity index (χ3v) is 5.87. The van der Waals surface area contributed by atoms with Crippen LogP contribution in [0, 0.1) is 0 Å². The summed E-state index contributed by atoms with van der Waals surface area (Å²) in [6, 6.07) is 20.0. The van der Waals surface area contributed by atoms with Crippen molar-refractivity contribution in [1.82, 2.24) is 10.6 Å². The van der Waals surface area contributed by atoms with E-state index in [2.05, 4.69) is 10.6 Å². The number of hydrogen-bond donors (Lipinski definition) is 2. The van der Waals surface area contributed by atoms with Gasteiger partial charge < -0.3 is 19.5 Å². The Morgan fingerprint density at radius 1 is 0.923 bits per heavy atom. The Bertz CT molecular complexity index is 1400. The number of rotatable bonds is 10. The zero-order valence-electron chi connectivity index (χ0n) is 21.4. The summed E-state index contributed by atoms with van der Waals surface area (Å²) in [6.45, 7) is 0.257. The standard InChI is InChI=1S/C29H27N3O7/c1-37-22-11-9-21(10-12-22)32-28(35)23(27(34)31-29(32)36)16-20-8-13-24(25(17-20)38-2)39-18-26(33)30-15-14-19-6-4-3-5-7-19/h3-13,16-17H,14-15,18H2,1-2H3,(H,30,33)(H,31,34,36). The summed E-state index contributed by atoms with van der Waals surface area (Å²) in [6.07, 6.45) is 2.05. The minimum absolute atomic E-state index is 0.217. The number of benzene rings is 3. The Morgan fingerprint density at radius 2 is 1.67 bits per heavy atom. The predicted molar refractivity (Wildman–Crippen MR) is 144 cm³/mol. The summed E-state index contributed by atoms with van der Waals surface area (Å²) < 4.78 is 16.1. The van der Waals surface area contributed by atoms with Gasteiger partial charge in [-0.1, -0.05) is 36.4 Å². The van der Waals surface area contributed by atoms with Gasteiger partial charge in [-0.15, -0.1) is 0 Å². The molecule has 1 fully saturated rings. The molecule has 4 rings (SSSR count). The van der Waals surface area contributed by atoms with Gasteiger partial charge in [-0.3, -0.25) is 19.7 Å². The van der Waals surface area contributed by atoms with E-state index in [-0.39, 0.29) is 23.8 Å². The predicted octanol–water partition coefficient (Wildman–Crippen LogP) is 3.11. The van der Waals surface area contributed by atoms with Gasteiger partial charge in [-0.2, -0.15) is 0 Å². The number of ether oxygens (including phenoxy) is 3. The van der Waals surface area contributed by atoms with Crippen LogP contribution in [-0.2, 0) is 20.8 Å². The second-order valence-corrected chi connectivity index (χ2v) is 8.44. The number of anilines is 1. The van der Waals surface area contributed by atoms with E-state index >= 15 is 0 Å². The molecule has 0 atom stereocenters. The average molecular weight is 530 g/mol. The number of imide groups is 2. The maximum Gasteiger partial charge on any atom is 0.335 e. The van der Waals surface area contributed by atoms with Crippen LogP contribution < -0.4 is 29.7 Å². The van der Waals surface area contributed by atoms with Crippen LogP contribution in [0.3, 0.4) is 0 Å². The molecule has 0 saturated carbocycles. The molecule has 3 aromatic rings. The minimum Gasteiger partial charge on any atom is -0.497 e. The molecule has 0 bridgehead atoms. The highest BCUT2D eigenvalue weighted by molar-refractivity contribution is 6.39. The molecule has 5 amide bonds. The first kappa shape index (κ1) is 26.9. The summed E-state index contributed by atoms with van der Waals surface area (Å²) in [5.74, 6) is -0.719. The van der Waals surface area contributed by atoms with Crippen LogP contribution in [0.1, 0.15) is 11.1 Å². The first-order valence-electron chi connectivity index (χ1n) is 12.1. The zero-order chi connectivity index (χ0) is 27.8. The van der Waals surface area contributed by atoms with E-state index in [0.29, 0.717) is 35.8 Å². The third-order valence-electron chi connectivity index (χ3n) is 5.87. The lowest BCUT2D eigenvalue weighted by Gasteiger charge is -2.26. The van der Waals surface area contributed by atoms with Crippen LogP contribution in [0.2, 0.25) is 0 Å². The molecule has 0 unspecified atom stereocenters. The molecule has 200 valence electrons. The molecule has 0 aromatic heterocycles. The molecular weight excluding hydrogens is 502 g/mol. The van der Waals surface area contributed by atoms with E-state index in [1.807, 2.05) is 30.3 Å². The van der Waals surface area contributed by atoms with E-state index < -0.39 is 17.8 Å². The van der Waals surface area contributed by atoms with Gasteiger partial charge in [0, 0.05) is 6.54 Å². The zero-order valence-corrected chi connectivity index (χ0v) is 21.4. The van der Waals surface area contributed by atoms with E-state index in [1.54, 1.807) is 30.3 Å². The quantitative estimate of drug-likeness (QED) is 0.306. The molecule has 39 heavy (non-hydrogen) atoms. The molecule has 1 aliphatic rings. The maximum absolute atomic E-state index is 13.1. The van der Waals surface area contributed by atoms with Gasteiger partial charge in [-0.25, -0.2) is 9.69 Å². The van der Waals surface area contributed by atoms with E-state index in [4.69, 9.17) is 14.2 Å². The number of hydrogen-bond acceptors (Lipinski definition) is 7. The minimum atomic E-state index is -0.851. The van der Waals surface area contributed by atoms with Crippen LogP contribution >= 0.6 is 0 Å². The summed E-state index contributed by atoms with van der Waals surface area (Å²) in [5.41, 5.74) is 1.61. The monoisotopic (exact) mass is 529 g/mol. The second kappa shape index (κ2) is 12.4. The van der Waals surface area contributed by atoms with Crippen molar-refractivity contribution < 1.29 is 33.4 Å². The fraction of sp³-hybridized carbons (Fsp3) is 0.172. The van der Waals surface area contributed by atoms with Gasteiger partial charge in [-0.05, 0) is 60.0 Å². The van der Waals surface area contributed by atoms with Gasteiger partial charge in [0.25, 0.3) is 17.7 Å². The third kappa shape index (κ3) is 6.61. The SMILES string of the molecule is COc1ccc(N2C(=O)NC(=O)C(=Cc3ccc(OCC(=O)NCCc4ccccc4)c(OC)c3)C2=O)cc1. The first-order chi connectivity index (χ1) is 18.9. The Morgan fingerprint density at radius 3 is 2.36 bits per heavy atom. The number of carbonyl (C=O) groups excluding carboxylic acids is 4. The Balaban J connectivity index is 1.43. The molecule has 10 nitrogen and oxygen atoms in total. The molecule has 1 aliphatic heterocycles. The topological polar surface area (TPSA) is 123 Å². The normalized spacial score (nSPS) is 14.2. The number of nitrogens with one attached hydrogen (secondary N) is 2. The molecule has 1 saturated heterocycles. The Hall–Kier alpha value is -5.12. The number of urea groups is 1. The van der Waals surface area contributed by atoms with Crippen molar-refractivity contribution >= 4 is 35.5 Å². The summed E-state index contributed by atoms with van der Waals surface area (Å²) in [4.78, 5) is 51.1. The van der Waals surface area contributed by atoms with Crippen LogP contribution in [-0.4, -0.2) is 51.1 Å². The van der Waals surface area contributed by atoms with Crippen molar-refractivity contribution in [3.63, 3.8) is 0 Å². The van der Waals surface area contributed by atoms with Crippen molar-refractivity contribution in [3.8, 4) is 17.2 Å². The van der Waals surface area contributed by atoms with Gasteiger partial charge >= 0.3 is 6.03 Å². The van der Waals surface area contributed by atoms with Crippen LogP contribution in [0.15, 0.2) is 78.4 Å². The first-order valence-corrected chi connectivity index (χ1v) is 12.1. The van der Waals surface area contributed by atoms with Gasteiger partial charge in [0.05, 0.1) is 19.9 Å². The highest BCUT2D eigenvalue weighted by Gasteiger charge is 2.36. The smallest absolute Gasteiger partial charge is 0.335 e. The number of nitrogens with zero attached hydrogens (tertiary/aromatic N) is 1. The van der Waals surface area contributed by atoms with E-state index in [0.717, 1.165) is 10.5 Å². The fourth-order valence-electron chi connectivity index (χ4n) is 3.87. The van der Waals surface area contributed by atoms with Crippen molar-refractivity contribution in [2.24, 2.45) is 0 Å². The van der Waals surface area contributed by atoms with Crippen LogP contribution in [0.5, 0.6) is 17.2 Å². The summed E-state index contributed by atoms with van der Waals surface area (Å²) in [7, 11) is 2.93. The number of methoxy groups -OCH3 is 2. The van der Waals surface area contributed by atoms with E-state index in [1.165, 1.54) is 32.4 Å². The van der Waals surface area contributed by atoms with Gasteiger partial charge in [0.1, 0.15) is 11.3 Å². The lowest BCUT2D eigenvalue weighted by Crippen LogP contribution is -2.54. The summed E-state index contributed by atoms with van der Waals surface area (Å²) >= 11 is 0. The van der Waals surface area contributed by atoms with Crippen molar-refractivity contribution in [3.05, 3.63) is 89.5 Å². The highest BCUT2D eigenvalue weighted by Crippen LogP contribution is 2.30. The molecule has 0 aliphatic carbocycles. The van der Waals surface area contributed by atoms with Crippen LogP contribution in [0.4, 0.5) is 10.5 Å². The Labute approximate surface area is 225 Å². The lowest BCUT2D eigenvalue weighted by atomic mass is 10.1. The van der Waals surface area contributed by atoms with Crippen molar-refractivity contribution in [2.75, 3.05) is 32.3 Å². The Kier molecular flexibility index (Phi) is 8.57. The van der Waals surface area contributed by atoms with Gasteiger partial charge in [0.2, 0.25) is 0 Å². The van der Waals surface area contributed by atoms with Crippen molar-refractivity contribution in [1.29, 1.82) is 0 Å². The molecular formula is C29H27N3O7. The maximum atomic E-state index is 13.1. The summed E-state index contributed by atoms with van der Waals surface area (Å²) in [5, 5.41) is 4.99. The largest absolute Gasteiger partial charge is 0.497 e. The number of carbonyl (C=O) groups is 4. The number of amides is 5. The molecule has 1 heterocycles. The molecule has 2 N–H and O–H groups in total. The van der Waals surface area contributed by atoms with Gasteiger partial charge in [0.15, 0.2) is 18.1 Å². The number of barbiturate groups is 1. The molecule has 10 heteroatoms. The van der Waals surface area contributed by atoms with Crippen LogP contribution in [0.25, 0.3) is 6.08 Å². The highest BCUT2D eigenvalue weighted by atomic mass is 16.5. The molecule has 3 aromatic carbocycles. The molecule has 0 spiro atoms. The van der Waals surface area contributed by atoms with E-state index in [9.17, 15) is 19.2 Å². The van der Waals surface area contributed by atoms with Crippen molar-refractivity contribution in [2.45, 2.75) is 6.42 Å². The second-order valence-electron chi connectivity index (χ2n) is 8.44. The molecule has 0 radical (unpaired) electrons. The fourth-order valence-corrected chi connectivity index (χ4v) is 3.87.